The first kappa shape index (κ1) is 21.7. The van der Waals surface area contributed by atoms with Crippen LogP contribution in [0.25, 0.3) is 0 Å². The van der Waals surface area contributed by atoms with Gasteiger partial charge in [-0.2, -0.15) is 0 Å². The van der Waals surface area contributed by atoms with Crippen molar-refractivity contribution in [2.24, 2.45) is 11.8 Å². The van der Waals surface area contributed by atoms with Crippen molar-refractivity contribution in [3.05, 3.63) is 102 Å². The van der Waals surface area contributed by atoms with Gasteiger partial charge in [0, 0.05) is 16.7 Å². The minimum absolute atomic E-state index is 0.0640. The Hall–Kier alpha value is -2.51. The molecule has 0 spiro atoms. The van der Waals surface area contributed by atoms with Crippen molar-refractivity contribution in [2.45, 2.75) is 25.7 Å². The van der Waals surface area contributed by atoms with Gasteiger partial charge in [0.1, 0.15) is 17.4 Å². The molecule has 4 heteroatoms. The average Bonchev–Trinajstić information content (AvgIpc) is 2.77. The van der Waals surface area contributed by atoms with Crippen molar-refractivity contribution >= 4 is 19.2 Å². The van der Waals surface area contributed by atoms with Crippen LogP contribution < -0.4 is 15.3 Å². The van der Waals surface area contributed by atoms with Crippen LogP contribution in [0, 0.1) is 23.5 Å². The van der Waals surface area contributed by atoms with Gasteiger partial charge in [-0.05, 0) is 66.8 Å². The highest BCUT2D eigenvalue weighted by atomic mass is 31.1. The van der Waals surface area contributed by atoms with E-state index in [0.717, 1.165) is 48.4 Å². The molecule has 0 saturated carbocycles. The predicted molar refractivity (Wildman–Crippen MR) is 127 cm³/mol. The minimum Gasteiger partial charge on any atom is -0.496 e. The third-order valence-corrected chi connectivity index (χ3v) is 7.06. The van der Waals surface area contributed by atoms with E-state index >= 15 is 0 Å². The fourth-order valence-corrected chi connectivity index (χ4v) is 5.53. The normalized spacial score (nSPS) is 20.1. The van der Waals surface area contributed by atoms with Crippen LogP contribution in [0.2, 0.25) is 0 Å². The van der Waals surface area contributed by atoms with Crippen LogP contribution in [0.3, 0.4) is 0 Å². The molecule has 0 aromatic heterocycles. The van der Waals surface area contributed by atoms with Crippen molar-refractivity contribution < 1.29 is 13.5 Å². The van der Waals surface area contributed by atoms with E-state index in [2.05, 4.69) is 60.7 Å². The van der Waals surface area contributed by atoms with Crippen LogP contribution in [0.5, 0.6) is 5.75 Å². The summed E-state index contributed by atoms with van der Waals surface area (Å²) >= 11 is 0. The van der Waals surface area contributed by atoms with Crippen molar-refractivity contribution in [1.29, 1.82) is 0 Å². The Morgan fingerprint density at radius 3 is 2.19 bits per heavy atom. The molecule has 160 valence electrons. The molecule has 1 nitrogen and oxygen atoms in total. The lowest BCUT2D eigenvalue weighted by Crippen LogP contribution is -2.15. The van der Waals surface area contributed by atoms with Crippen LogP contribution in [0.4, 0.5) is 8.78 Å². The first-order chi connectivity index (χ1) is 15.1. The van der Waals surface area contributed by atoms with Gasteiger partial charge in [0.2, 0.25) is 0 Å². The third kappa shape index (κ3) is 5.60. The summed E-state index contributed by atoms with van der Waals surface area (Å²) in [5, 5.41) is 1.48. The molecule has 31 heavy (non-hydrogen) atoms. The Labute approximate surface area is 185 Å². The molecule has 2 aliphatic carbocycles. The molecule has 3 unspecified atom stereocenters. The van der Waals surface area contributed by atoms with Crippen LogP contribution in [-0.4, -0.2) is 7.11 Å². The summed E-state index contributed by atoms with van der Waals surface area (Å²) in [4.78, 5) is 0. The lowest BCUT2D eigenvalue weighted by molar-refractivity contribution is 0.410. The molecule has 4 rings (SSSR count). The largest absolute Gasteiger partial charge is 0.496 e. The molecule has 0 radical (unpaired) electrons. The first-order valence-electron chi connectivity index (χ1n) is 10.7. The van der Waals surface area contributed by atoms with E-state index in [1.807, 2.05) is 0 Å². The van der Waals surface area contributed by atoms with Gasteiger partial charge >= 0.3 is 0 Å². The maximum absolute atomic E-state index is 14.4. The molecule has 0 fully saturated rings. The van der Waals surface area contributed by atoms with Gasteiger partial charge in [-0.1, -0.05) is 63.3 Å². The highest BCUT2D eigenvalue weighted by Gasteiger charge is 2.18. The second-order valence-corrected chi connectivity index (χ2v) is 9.44. The topological polar surface area (TPSA) is 9.23 Å². The van der Waals surface area contributed by atoms with Gasteiger partial charge in [-0.15, -0.1) is 0 Å². The Morgan fingerprint density at radius 1 is 0.871 bits per heavy atom. The van der Waals surface area contributed by atoms with Gasteiger partial charge in [-0.25, -0.2) is 8.78 Å². The van der Waals surface area contributed by atoms with Crippen LogP contribution >= 0.6 is 8.58 Å². The number of hydrogen-bond acceptors (Lipinski definition) is 1. The summed E-state index contributed by atoms with van der Waals surface area (Å²) in [6.45, 7) is 0. The van der Waals surface area contributed by atoms with E-state index in [1.54, 1.807) is 7.11 Å². The number of hydrogen-bond donors (Lipinski definition) is 0. The summed E-state index contributed by atoms with van der Waals surface area (Å²) in [6.07, 6.45) is 21.1. The number of rotatable bonds is 7. The van der Waals surface area contributed by atoms with E-state index in [0.29, 0.717) is 17.1 Å². The quantitative estimate of drug-likeness (QED) is 0.487. The zero-order valence-corrected chi connectivity index (χ0v) is 18.7. The Morgan fingerprint density at radius 2 is 1.58 bits per heavy atom. The minimum atomic E-state index is -0.554. The smallest absolute Gasteiger partial charge is 0.133 e. The van der Waals surface area contributed by atoms with Crippen LogP contribution in [0.1, 0.15) is 24.0 Å². The number of ether oxygens (including phenoxy) is 1. The average molecular weight is 436 g/mol. The van der Waals surface area contributed by atoms with E-state index in [1.165, 1.54) is 17.7 Å². The SMILES string of the molecule is COc1c(CC2C=CC=CC2)cc(CC2C=CC=CC2)cc1Pc1ccc(F)cc1F. The van der Waals surface area contributed by atoms with Crippen LogP contribution in [-0.2, 0) is 12.8 Å². The molecule has 2 aromatic rings. The lowest BCUT2D eigenvalue weighted by atomic mass is 9.89. The Bertz CT molecular complexity index is 1050. The molecule has 0 bridgehead atoms. The second-order valence-electron chi connectivity index (χ2n) is 8.11. The summed E-state index contributed by atoms with van der Waals surface area (Å²) < 4.78 is 33.6. The first-order valence-corrected chi connectivity index (χ1v) is 11.7. The molecule has 0 amide bonds. The lowest BCUT2D eigenvalue weighted by Gasteiger charge is -2.21. The predicted octanol–water partition coefficient (Wildman–Crippen LogP) is 5.95. The highest BCUT2D eigenvalue weighted by molar-refractivity contribution is 7.55. The monoisotopic (exact) mass is 436 g/mol. The Balaban J connectivity index is 1.69. The fraction of sp³-hybridized carbons (Fsp3) is 0.259. The van der Waals surface area contributed by atoms with Gasteiger partial charge in [0.15, 0.2) is 0 Å². The number of allylic oxidation sites excluding steroid dienone is 8. The maximum atomic E-state index is 14.4. The summed E-state index contributed by atoms with van der Waals surface area (Å²) in [7, 11) is 1.74. The third-order valence-electron chi connectivity index (χ3n) is 5.75. The second kappa shape index (κ2) is 10.2. The zero-order chi connectivity index (χ0) is 21.6. The molecule has 0 saturated heterocycles. The van der Waals surface area contributed by atoms with Gasteiger partial charge < -0.3 is 4.74 Å². The van der Waals surface area contributed by atoms with Gasteiger partial charge in [-0.3, -0.25) is 0 Å². The summed E-state index contributed by atoms with van der Waals surface area (Å²) in [6, 6.07) is 8.22. The Kier molecular flexibility index (Phi) is 7.14. The summed E-state index contributed by atoms with van der Waals surface area (Å²) in [5.41, 5.74) is 2.39. The maximum Gasteiger partial charge on any atom is 0.133 e. The van der Waals surface area contributed by atoms with Gasteiger partial charge in [0.05, 0.1) is 7.11 Å². The van der Waals surface area contributed by atoms with Crippen molar-refractivity contribution in [3.8, 4) is 5.75 Å². The molecule has 0 aliphatic heterocycles. The van der Waals surface area contributed by atoms with E-state index in [9.17, 15) is 8.78 Å². The molecule has 2 aromatic carbocycles. The number of methoxy groups -OCH3 is 1. The molecular weight excluding hydrogens is 409 g/mol. The molecule has 0 heterocycles. The van der Waals surface area contributed by atoms with Crippen molar-refractivity contribution in [2.75, 3.05) is 7.11 Å². The molecule has 0 N–H and O–H groups in total. The number of halogens is 2. The van der Waals surface area contributed by atoms with Gasteiger partial charge in [0.25, 0.3) is 0 Å². The van der Waals surface area contributed by atoms with E-state index in [-0.39, 0.29) is 8.58 Å². The standard InChI is InChI=1S/C27H27F2OP/c1-30-27-22(15-20-10-6-3-7-11-20)16-21(14-19-8-4-2-5-9-19)17-26(27)31-25-13-12-23(28)18-24(25)29/h2-8,10,12-13,16-20,31H,9,11,14-15H2,1H3. The van der Waals surface area contributed by atoms with Crippen molar-refractivity contribution in [1.82, 2.24) is 0 Å². The number of benzene rings is 2. The fourth-order valence-electron chi connectivity index (χ4n) is 4.25. The molecule has 2 aliphatic rings. The summed E-state index contributed by atoms with van der Waals surface area (Å²) in [5.74, 6) is 0.649. The van der Waals surface area contributed by atoms with E-state index in [4.69, 9.17) is 4.74 Å². The molecular formula is C27H27F2OP. The molecule has 3 atom stereocenters. The van der Waals surface area contributed by atoms with E-state index < -0.39 is 11.6 Å². The van der Waals surface area contributed by atoms with Crippen molar-refractivity contribution in [3.63, 3.8) is 0 Å². The highest BCUT2D eigenvalue weighted by Crippen LogP contribution is 2.31. The van der Waals surface area contributed by atoms with Crippen LogP contribution in [0.15, 0.2) is 78.9 Å². The zero-order valence-electron chi connectivity index (χ0n) is 17.7.